The van der Waals surface area contributed by atoms with Crippen molar-refractivity contribution in [2.45, 2.75) is 13.2 Å². The Morgan fingerprint density at radius 3 is 2.52 bits per heavy atom. The van der Waals surface area contributed by atoms with Crippen LogP contribution in [0.15, 0.2) is 29.1 Å². The molecule has 0 unspecified atom stereocenters. The van der Waals surface area contributed by atoms with E-state index in [0.717, 1.165) is 0 Å². The van der Waals surface area contributed by atoms with E-state index in [-0.39, 0.29) is 17.7 Å². The molecule has 9 nitrogen and oxygen atoms in total. The number of nitrogens with one attached hydrogen (secondary N) is 2. The number of aliphatic hydroxyl groups is 2. The molecule has 0 aliphatic carbocycles. The highest BCUT2D eigenvalue weighted by molar-refractivity contribution is 5.99. The Morgan fingerprint density at radius 1 is 1.12 bits per heavy atom. The van der Waals surface area contributed by atoms with Gasteiger partial charge in [-0.25, -0.2) is 0 Å². The predicted octanol–water partition coefficient (Wildman–Crippen LogP) is -0.420. The van der Waals surface area contributed by atoms with Crippen molar-refractivity contribution in [3.05, 3.63) is 51.3 Å². The lowest BCUT2D eigenvalue weighted by Gasteiger charge is -2.09. The second-order valence-corrected chi connectivity index (χ2v) is 5.45. The van der Waals surface area contributed by atoms with Crippen LogP contribution in [0, 0.1) is 0 Å². The lowest BCUT2D eigenvalue weighted by atomic mass is 10.1. The number of rotatable bonds is 5. The third-order valence-electron chi connectivity index (χ3n) is 3.89. The van der Waals surface area contributed by atoms with Crippen molar-refractivity contribution in [2.75, 3.05) is 6.54 Å². The van der Waals surface area contributed by atoms with Crippen LogP contribution in [-0.2, 0) is 18.0 Å². The molecule has 1 amide bonds. The Morgan fingerprint density at radius 2 is 1.88 bits per heavy atom. The first kappa shape index (κ1) is 16.7. The molecule has 25 heavy (non-hydrogen) atoms. The smallest absolute Gasteiger partial charge is 0.322 e. The number of amides is 1. The van der Waals surface area contributed by atoms with Crippen LogP contribution in [0.1, 0.15) is 21.5 Å². The van der Waals surface area contributed by atoms with Gasteiger partial charge in [0.05, 0.1) is 24.2 Å². The van der Waals surface area contributed by atoms with Crippen molar-refractivity contribution in [1.29, 1.82) is 0 Å². The number of aromatic amines is 1. The normalized spacial score (nSPS) is 11.1. The van der Waals surface area contributed by atoms with Gasteiger partial charge in [0.2, 0.25) is 0 Å². The van der Waals surface area contributed by atoms with E-state index in [9.17, 15) is 24.6 Å². The minimum absolute atomic E-state index is 0.0911. The molecule has 2 heterocycles. The molecule has 0 aliphatic heterocycles. The molecule has 0 radical (unpaired) electrons. The highest BCUT2D eigenvalue weighted by Crippen LogP contribution is 2.24. The summed E-state index contributed by atoms with van der Waals surface area (Å²) < 4.78 is 1.44. The van der Waals surface area contributed by atoms with E-state index in [2.05, 4.69) is 10.4 Å². The van der Waals surface area contributed by atoms with Crippen LogP contribution in [-0.4, -0.2) is 43.4 Å². The van der Waals surface area contributed by atoms with Crippen molar-refractivity contribution >= 4 is 28.3 Å². The van der Waals surface area contributed by atoms with Crippen LogP contribution in [0.5, 0.6) is 0 Å². The molecular formula is C16H15N3O6. The fourth-order valence-electron chi connectivity index (χ4n) is 2.77. The third-order valence-corrected chi connectivity index (χ3v) is 3.89. The average Bonchev–Trinajstić information content (AvgIpc) is 2.95. The number of fused-ring (bicyclic) bond motifs is 3. The number of aliphatic hydroxyl groups excluding tert-OH is 2. The SMILES string of the molecule is O=C(O)CNC(=O)c1c(CO)c2cc3cc(CO)ccc3n2[nH]c1=O. The number of benzene rings is 1. The van der Waals surface area contributed by atoms with E-state index in [1.54, 1.807) is 24.3 Å². The molecule has 2 aromatic heterocycles. The minimum Gasteiger partial charge on any atom is -0.480 e. The highest BCUT2D eigenvalue weighted by Gasteiger charge is 2.21. The Bertz CT molecular complexity index is 1050. The topological polar surface area (TPSA) is 144 Å². The highest BCUT2D eigenvalue weighted by atomic mass is 16.4. The second kappa shape index (κ2) is 6.38. The maximum absolute atomic E-state index is 12.3. The largest absolute Gasteiger partial charge is 0.480 e. The quantitative estimate of drug-likeness (QED) is 0.425. The summed E-state index contributed by atoms with van der Waals surface area (Å²) >= 11 is 0. The maximum atomic E-state index is 12.3. The number of hydrogen-bond acceptors (Lipinski definition) is 5. The summed E-state index contributed by atoms with van der Waals surface area (Å²) in [5.74, 6) is -2.13. The number of hydrogen-bond donors (Lipinski definition) is 5. The first-order chi connectivity index (χ1) is 12.0. The number of aromatic nitrogens is 2. The van der Waals surface area contributed by atoms with Gasteiger partial charge in [-0.1, -0.05) is 6.07 Å². The Balaban J connectivity index is 2.24. The Labute approximate surface area is 140 Å². The zero-order valence-corrected chi connectivity index (χ0v) is 12.9. The van der Waals surface area contributed by atoms with E-state index in [1.165, 1.54) is 4.52 Å². The van der Waals surface area contributed by atoms with Crippen LogP contribution in [0.25, 0.3) is 16.4 Å². The van der Waals surface area contributed by atoms with E-state index in [1.807, 2.05) is 0 Å². The van der Waals surface area contributed by atoms with Gasteiger partial charge in [-0.3, -0.25) is 24.0 Å². The summed E-state index contributed by atoms with van der Waals surface area (Å²) in [4.78, 5) is 35.1. The van der Waals surface area contributed by atoms with E-state index >= 15 is 0 Å². The molecular weight excluding hydrogens is 330 g/mol. The molecule has 0 saturated heterocycles. The van der Waals surface area contributed by atoms with Gasteiger partial charge in [0, 0.05) is 10.9 Å². The molecule has 5 N–H and O–H groups in total. The van der Waals surface area contributed by atoms with Crippen molar-refractivity contribution in [3.8, 4) is 0 Å². The second-order valence-electron chi connectivity index (χ2n) is 5.45. The molecule has 3 aromatic rings. The van der Waals surface area contributed by atoms with Gasteiger partial charge < -0.3 is 20.6 Å². The van der Waals surface area contributed by atoms with Gasteiger partial charge in [-0.05, 0) is 23.8 Å². The van der Waals surface area contributed by atoms with Crippen molar-refractivity contribution in [1.82, 2.24) is 14.9 Å². The standard InChI is InChI=1S/C16H15N3O6/c20-6-8-1-2-11-9(3-8)4-12-10(7-21)14(16(25)18-19(11)12)15(24)17-5-13(22)23/h1-4,20-21H,5-7H2,(H,17,24)(H,18,25)(H,22,23). The average molecular weight is 345 g/mol. The van der Waals surface area contributed by atoms with Crippen molar-refractivity contribution in [3.63, 3.8) is 0 Å². The number of nitrogens with zero attached hydrogens (tertiary/aromatic N) is 1. The fraction of sp³-hybridized carbons (Fsp3) is 0.188. The third kappa shape index (κ3) is 2.86. The van der Waals surface area contributed by atoms with Gasteiger partial charge in [-0.15, -0.1) is 0 Å². The van der Waals surface area contributed by atoms with Gasteiger partial charge in [0.25, 0.3) is 11.5 Å². The molecule has 0 aliphatic rings. The summed E-state index contributed by atoms with van der Waals surface area (Å²) in [5, 5.41) is 32.9. The summed E-state index contributed by atoms with van der Waals surface area (Å²) in [6.07, 6.45) is 0. The summed E-state index contributed by atoms with van der Waals surface area (Å²) in [6, 6.07) is 6.80. The first-order valence-corrected chi connectivity index (χ1v) is 7.37. The van der Waals surface area contributed by atoms with E-state index < -0.39 is 30.6 Å². The summed E-state index contributed by atoms with van der Waals surface area (Å²) in [6.45, 7) is -1.36. The van der Waals surface area contributed by atoms with Gasteiger partial charge in [-0.2, -0.15) is 0 Å². The minimum atomic E-state index is -1.25. The van der Waals surface area contributed by atoms with Crippen LogP contribution < -0.4 is 10.9 Å². The lowest BCUT2D eigenvalue weighted by Crippen LogP contribution is -2.35. The fourth-order valence-corrected chi connectivity index (χ4v) is 2.77. The number of carboxylic acids is 1. The van der Waals surface area contributed by atoms with Crippen LogP contribution in [0.3, 0.4) is 0 Å². The van der Waals surface area contributed by atoms with Gasteiger partial charge in [0.1, 0.15) is 12.1 Å². The predicted molar refractivity (Wildman–Crippen MR) is 87.3 cm³/mol. The summed E-state index contributed by atoms with van der Waals surface area (Å²) in [5.41, 5.74) is 0.734. The van der Waals surface area contributed by atoms with Crippen molar-refractivity contribution < 1.29 is 24.9 Å². The molecule has 0 fully saturated rings. The van der Waals surface area contributed by atoms with Gasteiger partial charge >= 0.3 is 5.97 Å². The monoisotopic (exact) mass is 345 g/mol. The molecule has 9 heteroatoms. The molecule has 3 rings (SSSR count). The Hall–Kier alpha value is -3.17. The number of H-pyrrole nitrogens is 1. The molecule has 0 spiro atoms. The molecule has 130 valence electrons. The van der Waals surface area contributed by atoms with Gasteiger partial charge in [0.15, 0.2) is 0 Å². The van der Waals surface area contributed by atoms with Crippen molar-refractivity contribution in [2.24, 2.45) is 0 Å². The molecule has 0 saturated carbocycles. The molecule has 1 aromatic carbocycles. The van der Waals surface area contributed by atoms with E-state index in [4.69, 9.17) is 5.11 Å². The zero-order valence-electron chi connectivity index (χ0n) is 12.9. The number of carbonyl (C=O) groups is 2. The Kier molecular flexibility index (Phi) is 4.26. The first-order valence-electron chi connectivity index (χ1n) is 7.37. The van der Waals surface area contributed by atoms with Crippen LogP contribution >= 0.6 is 0 Å². The van der Waals surface area contributed by atoms with Crippen LogP contribution in [0.2, 0.25) is 0 Å². The summed E-state index contributed by atoms with van der Waals surface area (Å²) in [7, 11) is 0. The lowest BCUT2D eigenvalue weighted by molar-refractivity contribution is -0.135. The molecule has 0 bridgehead atoms. The maximum Gasteiger partial charge on any atom is 0.322 e. The number of carbonyl (C=O) groups excluding carboxylic acids is 1. The molecule has 0 atom stereocenters. The number of carboxylic acid groups (broad SMARTS) is 1. The number of aliphatic carboxylic acids is 1. The zero-order chi connectivity index (χ0) is 18.1. The van der Waals surface area contributed by atoms with E-state index in [0.29, 0.717) is 22.0 Å². The van der Waals surface area contributed by atoms with Crippen LogP contribution in [0.4, 0.5) is 0 Å².